The Morgan fingerprint density at radius 2 is 2.21 bits per heavy atom. The Balaban J connectivity index is 1.49. The highest BCUT2D eigenvalue weighted by molar-refractivity contribution is 7.16. The molecule has 4 rings (SSSR count). The van der Waals surface area contributed by atoms with E-state index in [1.807, 2.05) is 49.6 Å². The van der Waals surface area contributed by atoms with E-state index in [9.17, 15) is 14.4 Å². The molecule has 1 fully saturated rings. The summed E-state index contributed by atoms with van der Waals surface area (Å²) in [7, 11) is 0. The van der Waals surface area contributed by atoms with E-state index in [4.69, 9.17) is 4.74 Å². The first-order chi connectivity index (χ1) is 15.7. The van der Waals surface area contributed by atoms with Crippen molar-refractivity contribution in [2.24, 2.45) is 0 Å². The molecule has 0 unspecified atom stereocenters. The molecule has 1 aliphatic heterocycles. The maximum absolute atomic E-state index is 13.1. The molecule has 0 radical (unpaired) electrons. The van der Waals surface area contributed by atoms with Crippen LogP contribution in [0.3, 0.4) is 0 Å². The Kier molecular flexibility index (Phi) is 6.58. The summed E-state index contributed by atoms with van der Waals surface area (Å²) in [6, 6.07) is 3.84. The van der Waals surface area contributed by atoms with Gasteiger partial charge in [-0.15, -0.1) is 11.3 Å². The number of thiophene rings is 1. The van der Waals surface area contributed by atoms with Gasteiger partial charge in [0.05, 0.1) is 0 Å². The maximum Gasteiger partial charge on any atom is 0.293 e. The third kappa shape index (κ3) is 4.96. The number of carbonyl (C=O) groups excluding carboxylic acids is 2. The summed E-state index contributed by atoms with van der Waals surface area (Å²) >= 11 is 1.58. The summed E-state index contributed by atoms with van der Waals surface area (Å²) in [6.45, 7) is 10.3. The minimum absolute atomic E-state index is 0.0269. The number of hydrogen-bond donors (Lipinski definition) is 1. The summed E-state index contributed by atoms with van der Waals surface area (Å²) in [5, 5.41) is 10.6. The molecule has 3 aromatic heterocycles. The third-order valence-corrected chi connectivity index (χ3v) is 6.88. The molecule has 1 N–H and O–H groups in total. The second-order valence-corrected chi connectivity index (χ2v) is 10.5. The zero-order chi connectivity index (χ0) is 23.8. The van der Waals surface area contributed by atoms with E-state index in [2.05, 4.69) is 15.3 Å². The van der Waals surface area contributed by atoms with Crippen LogP contribution < -0.4 is 10.9 Å². The Labute approximate surface area is 196 Å². The molecular weight excluding hydrogens is 442 g/mol. The number of hydrogen-bond acceptors (Lipinski definition) is 7. The number of fused-ring (bicyclic) bond motifs is 3. The van der Waals surface area contributed by atoms with Gasteiger partial charge in [0.15, 0.2) is 0 Å². The van der Waals surface area contributed by atoms with Crippen molar-refractivity contribution in [2.75, 3.05) is 19.6 Å². The number of likely N-dealkylation sites (tertiary alicyclic amines) is 1. The Morgan fingerprint density at radius 3 is 2.94 bits per heavy atom. The highest BCUT2D eigenvalue weighted by Crippen LogP contribution is 2.26. The summed E-state index contributed by atoms with van der Waals surface area (Å²) in [4.78, 5) is 39.9. The molecule has 9 nitrogen and oxygen atoms in total. The van der Waals surface area contributed by atoms with Crippen molar-refractivity contribution < 1.29 is 14.3 Å². The van der Waals surface area contributed by atoms with Gasteiger partial charge >= 0.3 is 0 Å². The molecule has 1 aliphatic rings. The molecule has 4 heterocycles. The molecule has 0 saturated carbocycles. The van der Waals surface area contributed by atoms with E-state index in [-0.39, 0.29) is 30.0 Å². The molecule has 0 spiro atoms. The van der Waals surface area contributed by atoms with Crippen molar-refractivity contribution in [1.82, 2.24) is 24.4 Å². The van der Waals surface area contributed by atoms with E-state index >= 15 is 0 Å². The van der Waals surface area contributed by atoms with E-state index < -0.39 is 5.60 Å². The largest absolute Gasteiger partial charge is 0.461 e. The molecule has 10 heteroatoms. The first-order valence-electron chi connectivity index (χ1n) is 11.3. The van der Waals surface area contributed by atoms with E-state index in [0.29, 0.717) is 25.1 Å². The summed E-state index contributed by atoms with van der Waals surface area (Å²) < 4.78 is 8.37. The average Bonchev–Trinajstić information content (AvgIpc) is 3.31. The van der Waals surface area contributed by atoms with E-state index in [0.717, 1.165) is 35.4 Å². The van der Waals surface area contributed by atoms with Crippen molar-refractivity contribution in [1.29, 1.82) is 0 Å². The normalized spacial score (nSPS) is 17.7. The van der Waals surface area contributed by atoms with Crippen LogP contribution >= 0.6 is 11.3 Å². The van der Waals surface area contributed by atoms with Crippen LogP contribution in [-0.2, 0) is 20.9 Å². The lowest BCUT2D eigenvalue weighted by atomic mass is 10.0. The molecule has 178 valence electrons. The van der Waals surface area contributed by atoms with Gasteiger partial charge in [0.1, 0.15) is 28.3 Å². The van der Waals surface area contributed by atoms with Gasteiger partial charge in [-0.2, -0.15) is 5.10 Å². The smallest absolute Gasteiger partial charge is 0.293 e. The average molecular weight is 474 g/mol. The fourth-order valence-electron chi connectivity index (χ4n) is 4.57. The summed E-state index contributed by atoms with van der Waals surface area (Å²) in [6.07, 6.45) is 1.80. The molecule has 0 aliphatic carbocycles. The van der Waals surface area contributed by atoms with Crippen LogP contribution in [0.2, 0.25) is 0 Å². The first-order valence-corrected chi connectivity index (χ1v) is 12.2. The van der Waals surface area contributed by atoms with Crippen molar-refractivity contribution in [3.05, 3.63) is 33.7 Å². The fraction of sp³-hybridized carbons (Fsp3) is 0.565. The van der Waals surface area contributed by atoms with Gasteiger partial charge in [-0.05, 0) is 50.7 Å². The minimum atomic E-state index is -0.585. The zero-order valence-electron chi connectivity index (χ0n) is 19.5. The molecule has 1 atom stereocenters. The van der Waals surface area contributed by atoms with Crippen molar-refractivity contribution >= 4 is 39.4 Å². The second-order valence-electron chi connectivity index (χ2n) is 9.64. The SMILES string of the molecule is CC(C)c1nn(CC(=O)N[C@@H]2CCCN(CC(C)(C)OC=O)C2)c(=O)c2cc3ccsc3n12. The van der Waals surface area contributed by atoms with Crippen LogP contribution in [0.4, 0.5) is 0 Å². The number of nitrogens with one attached hydrogen (secondary N) is 1. The van der Waals surface area contributed by atoms with Gasteiger partial charge in [0.25, 0.3) is 12.0 Å². The standard InChI is InChI=1S/C23H31N5O4S/c1-15(2)20-25-27(21(31)18-10-16-7-9-33-22(16)28(18)20)12-19(30)24-17-6-5-8-26(11-17)13-23(3,4)32-14-29/h7,9-10,14-15,17H,5-6,8,11-13H2,1-4H3,(H,24,30)/t17-/m1/s1. The number of carbonyl (C=O) groups is 2. The summed E-state index contributed by atoms with van der Waals surface area (Å²) in [5.74, 6) is 0.618. The van der Waals surface area contributed by atoms with Crippen LogP contribution in [0, 0.1) is 0 Å². The fourth-order valence-corrected chi connectivity index (χ4v) is 5.47. The van der Waals surface area contributed by atoms with Crippen LogP contribution in [-0.4, -0.2) is 62.7 Å². The topological polar surface area (TPSA) is 97.9 Å². The van der Waals surface area contributed by atoms with E-state index in [1.165, 1.54) is 4.68 Å². The van der Waals surface area contributed by atoms with Crippen LogP contribution in [0.15, 0.2) is 22.3 Å². The summed E-state index contributed by atoms with van der Waals surface area (Å²) in [5.41, 5.74) is -0.306. The van der Waals surface area contributed by atoms with Crippen molar-refractivity contribution in [3.63, 3.8) is 0 Å². The predicted molar refractivity (Wildman–Crippen MR) is 128 cm³/mol. The Hall–Kier alpha value is -2.72. The Morgan fingerprint density at radius 1 is 1.42 bits per heavy atom. The van der Waals surface area contributed by atoms with Gasteiger partial charge < -0.3 is 10.1 Å². The first kappa shape index (κ1) is 23.4. The van der Waals surface area contributed by atoms with Crippen LogP contribution in [0.25, 0.3) is 15.7 Å². The molecule has 3 aromatic rings. The van der Waals surface area contributed by atoms with Gasteiger partial charge in [0.2, 0.25) is 5.91 Å². The second kappa shape index (κ2) is 9.26. The van der Waals surface area contributed by atoms with E-state index in [1.54, 1.807) is 11.3 Å². The van der Waals surface area contributed by atoms with Gasteiger partial charge in [-0.25, -0.2) is 4.68 Å². The molecule has 1 saturated heterocycles. The number of piperidine rings is 1. The third-order valence-electron chi connectivity index (χ3n) is 5.97. The lowest BCUT2D eigenvalue weighted by Gasteiger charge is -2.37. The molecule has 0 aromatic carbocycles. The number of rotatable bonds is 8. The monoisotopic (exact) mass is 473 g/mol. The van der Waals surface area contributed by atoms with Gasteiger partial charge in [-0.1, -0.05) is 13.8 Å². The zero-order valence-corrected chi connectivity index (χ0v) is 20.4. The lowest BCUT2D eigenvalue weighted by molar-refractivity contribution is -0.142. The number of aromatic nitrogens is 3. The van der Waals surface area contributed by atoms with Gasteiger partial charge in [-0.3, -0.25) is 23.7 Å². The Bertz CT molecular complexity index is 1220. The number of nitrogens with zero attached hydrogens (tertiary/aromatic N) is 4. The number of ether oxygens (including phenoxy) is 1. The number of amides is 1. The lowest BCUT2D eigenvalue weighted by Crippen LogP contribution is -2.52. The molecular formula is C23H31N5O4S. The quantitative estimate of drug-likeness (QED) is 0.505. The highest BCUT2D eigenvalue weighted by atomic mass is 32.1. The molecule has 0 bridgehead atoms. The molecule has 1 amide bonds. The minimum Gasteiger partial charge on any atom is -0.461 e. The van der Waals surface area contributed by atoms with Crippen LogP contribution in [0.5, 0.6) is 0 Å². The van der Waals surface area contributed by atoms with Crippen molar-refractivity contribution in [3.8, 4) is 0 Å². The molecule has 33 heavy (non-hydrogen) atoms. The predicted octanol–water partition coefficient (Wildman–Crippen LogP) is 2.37. The maximum atomic E-state index is 13.1. The van der Waals surface area contributed by atoms with Crippen molar-refractivity contribution in [2.45, 2.75) is 64.6 Å². The highest BCUT2D eigenvalue weighted by Gasteiger charge is 2.28. The van der Waals surface area contributed by atoms with Gasteiger partial charge in [0, 0.05) is 30.4 Å². The van der Waals surface area contributed by atoms with Crippen LogP contribution in [0.1, 0.15) is 52.3 Å².